The Morgan fingerprint density at radius 1 is 0.844 bits per heavy atom. The van der Waals surface area contributed by atoms with Crippen LogP contribution < -0.4 is 24.3 Å². The minimum Gasteiger partial charge on any atom is -0.493 e. The molecule has 0 radical (unpaired) electrons. The van der Waals surface area contributed by atoms with Crippen LogP contribution >= 0.6 is 0 Å². The SMILES string of the molecule is COc1cc2ncnc(Oc3ccc(NCCOc4ccccc4C)cc3)c2cc1OC. The topological polar surface area (TPSA) is 74.7 Å². The molecule has 7 heteroatoms. The molecule has 1 aromatic heterocycles. The number of benzene rings is 3. The van der Waals surface area contributed by atoms with Crippen molar-refractivity contribution < 1.29 is 18.9 Å². The van der Waals surface area contributed by atoms with Crippen molar-refractivity contribution in [2.45, 2.75) is 6.92 Å². The smallest absolute Gasteiger partial charge is 0.230 e. The number of methoxy groups -OCH3 is 2. The van der Waals surface area contributed by atoms with Gasteiger partial charge >= 0.3 is 0 Å². The first kappa shape index (κ1) is 21.2. The number of nitrogens with one attached hydrogen (secondary N) is 1. The van der Waals surface area contributed by atoms with Crippen molar-refractivity contribution in [1.29, 1.82) is 0 Å². The number of hydrogen-bond donors (Lipinski definition) is 1. The second-order valence-corrected chi connectivity index (χ2v) is 7.07. The summed E-state index contributed by atoms with van der Waals surface area (Å²) >= 11 is 0. The second kappa shape index (κ2) is 9.87. The highest BCUT2D eigenvalue weighted by Crippen LogP contribution is 2.35. The maximum absolute atomic E-state index is 6.02. The Morgan fingerprint density at radius 3 is 2.34 bits per heavy atom. The molecule has 32 heavy (non-hydrogen) atoms. The van der Waals surface area contributed by atoms with E-state index in [0.29, 0.717) is 41.8 Å². The number of nitrogens with zero attached hydrogens (tertiary/aromatic N) is 2. The number of fused-ring (bicyclic) bond motifs is 1. The van der Waals surface area contributed by atoms with Gasteiger partial charge in [-0.1, -0.05) is 18.2 Å². The summed E-state index contributed by atoms with van der Waals surface area (Å²) in [4.78, 5) is 8.59. The molecule has 0 unspecified atom stereocenters. The minimum absolute atomic E-state index is 0.447. The summed E-state index contributed by atoms with van der Waals surface area (Å²) in [6.45, 7) is 3.29. The van der Waals surface area contributed by atoms with Crippen LogP contribution in [0.15, 0.2) is 67.0 Å². The highest BCUT2D eigenvalue weighted by atomic mass is 16.5. The van der Waals surface area contributed by atoms with Gasteiger partial charge in [0, 0.05) is 18.3 Å². The van der Waals surface area contributed by atoms with Crippen molar-refractivity contribution in [3.63, 3.8) is 0 Å². The Bertz CT molecular complexity index is 1200. The number of para-hydroxylation sites is 1. The van der Waals surface area contributed by atoms with Gasteiger partial charge in [0.25, 0.3) is 0 Å². The molecule has 0 fully saturated rings. The van der Waals surface area contributed by atoms with E-state index in [-0.39, 0.29) is 0 Å². The summed E-state index contributed by atoms with van der Waals surface area (Å²) in [5.74, 6) is 3.22. The van der Waals surface area contributed by atoms with E-state index in [0.717, 1.165) is 22.4 Å². The van der Waals surface area contributed by atoms with Gasteiger partial charge in [0.1, 0.15) is 24.4 Å². The Kier molecular flexibility index (Phi) is 6.55. The summed E-state index contributed by atoms with van der Waals surface area (Å²) in [5.41, 5.74) is 2.81. The Balaban J connectivity index is 1.39. The monoisotopic (exact) mass is 431 g/mol. The predicted octanol–water partition coefficient (Wildman–Crippen LogP) is 5.24. The quantitative estimate of drug-likeness (QED) is 0.363. The lowest BCUT2D eigenvalue weighted by Gasteiger charge is -2.12. The maximum Gasteiger partial charge on any atom is 0.230 e. The maximum atomic E-state index is 6.02. The van der Waals surface area contributed by atoms with Crippen molar-refractivity contribution in [2.24, 2.45) is 0 Å². The molecule has 4 rings (SSSR count). The lowest BCUT2D eigenvalue weighted by molar-refractivity contribution is 0.330. The molecule has 1 N–H and O–H groups in total. The van der Waals surface area contributed by atoms with E-state index in [1.807, 2.05) is 61.5 Å². The summed E-state index contributed by atoms with van der Waals surface area (Å²) in [6, 6.07) is 19.3. The molecule has 7 nitrogen and oxygen atoms in total. The van der Waals surface area contributed by atoms with Crippen LogP contribution in [-0.4, -0.2) is 37.3 Å². The fraction of sp³-hybridized carbons (Fsp3) is 0.200. The summed E-state index contributed by atoms with van der Waals surface area (Å²) in [6.07, 6.45) is 1.47. The van der Waals surface area contributed by atoms with E-state index >= 15 is 0 Å². The van der Waals surface area contributed by atoms with Crippen LogP contribution in [0.5, 0.6) is 28.9 Å². The van der Waals surface area contributed by atoms with Gasteiger partial charge in [-0.25, -0.2) is 9.97 Å². The van der Waals surface area contributed by atoms with E-state index in [1.165, 1.54) is 6.33 Å². The number of aryl methyl sites for hydroxylation is 1. The summed E-state index contributed by atoms with van der Waals surface area (Å²) in [7, 11) is 3.18. The molecule has 0 atom stereocenters. The molecular formula is C25H25N3O4. The van der Waals surface area contributed by atoms with Crippen molar-refractivity contribution in [3.8, 4) is 28.9 Å². The molecule has 0 saturated carbocycles. The molecule has 0 aliphatic heterocycles. The van der Waals surface area contributed by atoms with Crippen LogP contribution in [0.4, 0.5) is 5.69 Å². The standard InChI is InChI=1S/C25H25N3O4/c1-17-6-4-5-7-22(17)31-13-12-26-18-8-10-19(11-9-18)32-25-20-14-23(29-2)24(30-3)15-21(20)27-16-28-25/h4-11,14-16,26H,12-13H2,1-3H3. The van der Waals surface area contributed by atoms with Gasteiger partial charge in [-0.2, -0.15) is 0 Å². The van der Waals surface area contributed by atoms with Crippen molar-refractivity contribution in [1.82, 2.24) is 9.97 Å². The molecule has 164 valence electrons. The van der Waals surface area contributed by atoms with E-state index in [4.69, 9.17) is 18.9 Å². The van der Waals surface area contributed by atoms with Gasteiger partial charge in [-0.3, -0.25) is 0 Å². The Labute approximate surface area is 186 Å². The molecule has 0 aliphatic rings. The lowest BCUT2D eigenvalue weighted by atomic mass is 10.2. The molecule has 0 aliphatic carbocycles. The molecule has 0 spiro atoms. The van der Waals surface area contributed by atoms with E-state index in [9.17, 15) is 0 Å². The molecule has 0 saturated heterocycles. The molecule has 3 aromatic carbocycles. The van der Waals surface area contributed by atoms with Gasteiger partial charge in [0.05, 0.1) is 25.1 Å². The van der Waals surface area contributed by atoms with Gasteiger partial charge in [0.15, 0.2) is 11.5 Å². The largest absolute Gasteiger partial charge is 0.493 e. The number of ether oxygens (including phenoxy) is 4. The average Bonchev–Trinajstić information content (AvgIpc) is 2.83. The average molecular weight is 431 g/mol. The van der Waals surface area contributed by atoms with Crippen LogP contribution in [0.1, 0.15) is 5.56 Å². The summed E-state index contributed by atoms with van der Waals surface area (Å²) < 4.78 is 22.6. The van der Waals surface area contributed by atoms with Gasteiger partial charge in [-0.15, -0.1) is 0 Å². The number of aromatic nitrogens is 2. The third-order valence-electron chi connectivity index (χ3n) is 4.96. The van der Waals surface area contributed by atoms with Crippen molar-refractivity contribution >= 4 is 16.6 Å². The minimum atomic E-state index is 0.447. The number of hydrogen-bond acceptors (Lipinski definition) is 7. The zero-order chi connectivity index (χ0) is 22.3. The molecule has 1 heterocycles. The first-order chi connectivity index (χ1) is 15.7. The Hall–Kier alpha value is -4.00. The molecular weight excluding hydrogens is 406 g/mol. The van der Waals surface area contributed by atoms with Crippen molar-refractivity contribution in [2.75, 3.05) is 32.7 Å². The van der Waals surface area contributed by atoms with Gasteiger partial charge in [0.2, 0.25) is 5.88 Å². The van der Waals surface area contributed by atoms with Crippen LogP contribution in [0.25, 0.3) is 10.9 Å². The highest BCUT2D eigenvalue weighted by molar-refractivity contribution is 5.87. The highest BCUT2D eigenvalue weighted by Gasteiger charge is 2.12. The van der Waals surface area contributed by atoms with Crippen molar-refractivity contribution in [3.05, 3.63) is 72.6 Å². The van der Waals surface area contributed by atoms with Gasteiger partial charge < -0.3 is 24.3 Å². The second-order valence-electron chi connectivity index (χ2n) is 7.07. The molecule has 0 amide bonds. The third kappa shape index (κ3) is 4.83. The van der Waals surface area contributed by atoms with Crippen LogP contribution in [0.3, 0.4) is 0 Å². The fourth-order valence-corrected chi connectivity index (χ4v) is 3.27. The first-order valence-electron chi connectivity index (χ1n) is 10.2. The van der Waals surface area contributed by atoms with E-state index < -0.39 is 0 Å². The van der Waals surface area contributed by atoms with E-state index in [2.05, 4.69) is 15.3 Å². The zero-order valence-corrected chi connectivity index (χ0v) is 18.3. The summed E-state index contributed by atoms with van der Waals surface area (Å²) in [5, 5.41) is 4.08. The fourth-order valence-electron chi connectivity index (χ4n) is 3.27. The third-order valence-corrected chi connectivity index (χ3v) is 4.96. The van der Waals surface area contributed by atoms with E-state index in [1.54, 1.807) is 20.3 Å². The number of rotatable bonds is 9. The zero-order valence-electron chi connectivity index (χ0n) is 18.3. The van der Waals surface area contributed by atoms with Crippen LogP contribution in [0, 0.1) is 6.92 Å². The molecule has 0 bridgehead atoms. The Morgan fingerprint density at radius 2 is 1.59 bits per heavy atom. The van der Waals surface area contributed by atoms with Crippen LogP contribution in [-0.2, 0) is 0 Å². The molecule has 4 aromatic rings. The van der Waals surface area contributed by atoms with Gasteiger partial charge in [-0.05, 0) is 48.9 Å². The van der Waals surface area contributed by atoms with Crippen LogP contribution in [0.2, 0.25) is 0 Å². The first-order valence-corrected chi connectivity index (χ1v) is 10.2. The lowest BCUT2D eigenvalue weighted by Crippen LogP contribution is -2.11. The normalized spacial score (nSPS) is 10.6. The number of anilines is 1. The predicted molar refractivity (Wildman–Crippen MR) is 124 cm³/mol.